The summed E-state index contributed by atoms with van der Waals surface area (Å²) in [4.78, 5) is 9.01. The van der Waals surface area contributed by atoms with Gasteiger partial charge in [-0.25, -0.2) is 0 Å². The molecular formula is C19H22ClN7. The summed E-state index contributed by atoms with van der Waals surface area (Å²) in [5.41, 5.74) is 8.24. The normalized spacial score (nSPS) is 15.5. The zero-order valence-electron chi connectivity index (χ0n) is 15.0. The molecule has 1 fully saturated rings. The van der Waals surface area contributed by atoms with Crippen LogP contribution >= 0.6 is 11.6 Å². The van der Waals surface area contributed by atoms with Gasteiger partial charge in [0.25, 0.3) is 0 Å². The van der Waals surface area contributed by atoms with Gasteiger partial charge in [0.2, 0.25) is 0 Å². The molecule has 0 radical (unpaired) electrons. The molecule has 2 N–H and O–H groups in total. The maximum atomic E-state index is 6.20. The number of guanidine groups is 1. The van der Waals surface area contributed by atoms with Gasteiger partial charge >= 0.3 is 0 Å². The number of halogens is 1. The van der Waals surface area contributed by atoms with Crippen LogP contribution in [0.1, 0.15) is 5.82 Å². The van der Waals surface area contributed by atoms with Crippen LogP contribution in [-0.2, 0) is 6.42 Å². The van der Waals surface area contributed by atoms with Crippen molar-refractivity contribution in [1.82, 2.24) is 19.5 Å². The lowest BCUT2D eigenvalue weighted by Crippen LogP contribution is -2.51. The molecule has 1 saturated heterocycles. The van der Waals surface area contributed by atoms with E-state index in [4.69, 9.17) is 17.3 Å². The third-order valence-electron chi connectivity index (χ3n) is 4.79. The molecular weight excluding hydrogens is 362 g/mol. The lowest BCUT2D eigenvalue weighted by molar-refractivity contribution is 0.381. The van der Waals surface area contributed by atoms with Gasteiger partial charge in [-0.3, -0.25) is 9.39 Å². The molecule has 1 aliphatic rings. The molecule has 2 aromatic heterocycles. The van der Waals surface area contributed by atoms with Crippen LogP contribution < -0.4 is 10.6 Å². The molecule has 0 aliphatic carbocycles. The molecule has 27 heavy (non-hydrogen) atoms. The Balaban J connectivity index is 1.31. The van der Waals surface area contributed by atoms with E-state index in [1.807, 2.05) is 40.9 Å². The van der Waals surface area contributed by atoms with Crippen molar-refractivity contribution in [1.29, 1.82) is 0 Å². The minimum absolute atomic E-state index is 0.596. The van der Waals surface area contributed by atoms with Crippen LogP contribution in [0.3, 0.4) is 0 Å². The average Bonchev–Trinajstić information content (AvgIpc) is 3.12. The van der Waals surface area contributed by atoms with E-state index in [2.05, 4.69) is 37.1 Å². The fourth-order valence-corrected chi connectivity index (χ4v) is 3.40. The topological polar surface area (TPSA) is 75.0 Å². The maximum Gasteiger partial charge on any atom is 0.191 e. The Morgan fingerprint density at radius 1 is 1.04 bits per heavy atom. The molecule has 0 amide bonds. The second kappa shape index (κ2) is 7.84. The number of aromatic nitrogens is 3. The predicted octanol–water partition coefficient (Wildman–Crippen LogP) is 2.06. The monoisotopic (exact) mass is 383 g/mol. The Morgan fingerprint density at radius 2 is 1.81 bits per heavy atom. The largest absolute Gasteiger partial charge is 0.370 e. The standard InChI is InChI=1S/C19H22ClN7/c20-15-4-6-16(7-5-15)25-11-13-26(14-12-25)19(21)22-9-8-18-24-23-17-3-1-2-10-27(17)18/h1-7,10H,8-9,11-14H2,(H2,21,22). The van der Waals surface area contributed by atoms with Crippen LogP contribution in [0.25, 0.3) is 5.65 Å². The number of aliphatic imine (C=N–C) groups is 1. The van der Waals surface area contributed by atoms with Crippen LogP contribution in [0.4, 0.5) is 5.69 Å². The molecule has 0 atom stereocenters. The number of fused-ring (bicyclic) bond motifs is 1. The molecule has 1 aromatic carbocycles. The number of anilines is 1. The molecule has 1 aliphatic heterocycles. The zero-order chi connectivity index (χ0) is 18.6. The van der Waals surface area contributed by atoms with Crippen LogP contribution in [0, 0.1) is 0 Å². The van der Waals surface area contributed by atoms with E-state index in [0.717, 1.165) is 42.7 Å². The van der Waals surface area contributed by atoms with Crippen molar-refractivity contribution >= 4 is 28.9 Å². The Kier molecular flexibility index (Phi) is 5.11. The van der Waals surface area contributed by atoms with Gasteiger partial charge in [-0.1, -0.05) is 17.7 Å². The van der Waals surface area contributed by atoms with Gasteiger partial charge in [-0.15, -0.1) is 10.2 Å². The van der Waals surface area contributed by atoms with Crippen molar-refractivity contribution in [3.63, 3.8) is 0 Å². The smallest absolute Gasteiger partial charge is 0.191 e. The highest BCUT2D eigenvalue weighted by Gasteiger charge is 2.18. The summed E-state index contributed by atoms with van der Waals surface area (Å²) in [6, 6.07) is 13.8. The lowest BCUT2D eigenvalue weighted by Gasteiger charge is -2.36. The van der Waals surface area contributed by atoms with E-state index in [1.165, 1.54) is 5.69 Å². The molecule has 0 saturated carbocycles. The van der Waals surface area contributed by atoms with Crippen LogP contribution in [0.5, 0.6) is 0 Å². The number of rotatable bonds is 4. The number of benzene rings is 1. The number of piperazine rings is 1. The molecule has 0 unspecified atom stereocenters. The molecule has 8 heteroatoms. The van der Waals surface area contributed by atoms with Gasteiger partial charge in [0.05, 0.1) is 0 Å². The van der Waals surface area contributed by atoms with Crippen molar-refractivity contribution in [2.75, 3.05) is 37.6 Å². The van der Waals surface area contributed by atoms with Crippen molar-refractivity contribution in [3.05, 3.63) is 59.5 Å². The number of nitrogens with two attached hydrogens (primary N) is 1. The van der Waals surface area contributed by atoms with Gasteiger partial charge in [0, 0.05) is 56.1 Å². The summed E-state index contributed by atoms with van der Waals surface area (Å²) >= 11 is 5.96. The summed E-state index contributed by atoms with van der Waals surface area (Å²) in [6.45, 7) is 4.12. The quantitative estimate of drug-likeness (QED) is 0.551. The number of hydrogen-bond acceptors (Lipinski definition) is 4. The van der Waals surface area contributed by atoms with Gasteiger partial charge < -0.3 is 15.5 Å². The van der Waals surface area contributed by atoms with Crippen molar-refractivity contribution in [3.8, 4) is 0 Å². The fourth-order valence-electron chi connectivity index (χ4n) is 3.28. The summed E-state index contributed by atoms with van der Waals surface area (Å²) < 4.78 is 1.98. The Morgan fingerprint density at radius 3 is 2.59 bits per heavy atom. The highest BCUT2D eigenvalue weighted by Crippen LogP contribution is 2.19. The Labute approximate surface area is 163 Å². The molecule has 7 nitrogen and oxygen atoms in total. The third-order valence-corrected chi connectivity index (χ3v) is 5.04. The summed E-state index contributed by atoms with van der Waals surface area (Å²) in [5, 5.41) is 9.14. The Bertz CT molecular complexity index is 927. The molecule has 140 valence electrons. The maximum absolute atomic E-state index is 6.20. The Hall–Kier alpha value is -2.80. The van der Waals surface area contributed by atoms with E-state index < -0.39 is 0 Å². The van der Waals surface area contributed by atoms with E-state index in [9.17, 15) is 0 Å². The lowest BCUT2D eigenvalue weighted by atomic mass is 10.2. The van der Waals surface area contributed by atoms with Crippen LogP contribution in [0.15, 0.2) is 53.7 Å². The number of nitrogens with zero attached hydrogens (tertiary/aromatic N) is 6. The first-order chi connectivity index (χ1) is 13.2. The van der Waals surface area contributed by atoms with E-state index in [1.54, 1.807) is 0 Å². The fraction of sp³-hybridized carbons (Fsp3) is 0.316. The molecule has 0 bridgehead atoms. The zero-order valence-corrected chi connectivity index (χ0v) is 15.8. The van der Waals surface area contributed by atoms with Crippen molar-refractivity contribution < 1.29 is 0 Å². The molecule has 3 aromatic rings. The second-order valence-electron chi connectivity index (χ2n) is 6.49. The summed E-state index contributed by atoms with van der Waals surface area (Å²) in [5.74, 6) is 1.49. The number of pyridine rings is 1. The average molecular weight is 384 g/mol. The van der Waals surface area contributed by atoms with Crippen LogP contribution in [0.2, 0.25) is 5.02 Å². The minimum Gasteiger partial charge on any atom is -0.370 e. The van der Waals surface area contributed by atoms with Gasteiger partial charge in [0.15, 0.2) is 11.6 Å². The SMILES string of the molecule is NC(=NCCc1nnc2ccccn12)N1CCN(c2ccc(Cl)cc2)CC1. The first-order valence-corrected chi connectivity index (χ1v) is 9.42. The molecule has 3 heterocycles. The van der Waals surface area contributed by atoms with Gasteiger partial charge in [-0.2, -0.15) is 0 Å². The first kappa shape index (κ1) is 17.6. The van der Waals surface area contributed by atoms with Crippen LogP contribution in [-0.4, -0.2) is 58.2 Å². The highest BCUT2D eigenvalue weighted by molar-refractivity contribution is 6.30. The number of hydrogen-bond donors (Lipinski definition) is 1. The summed E-state index contributed by atoms with van der Waals surface area (Å²) in [6.07, 6.45) is 2.67. The second-order valence-corrected chi connectivity index (χ2v) is 6.92. The molecule has 4 rings (SSSR count). The predicted molar refractivity (Wildman–Crippen MR) is 108 cm³/mol. The third kappa shape index (κ3) is 3.98. The van der Waals surface area contributed by atoms with Crippen molar-refractivity contribution in [2.45, 2.75) is 6.42 Å². The van der Waals surface area contributed by atoms with Gasteiger partial charge in [0.1, 0.15) is 5.82 Å². The van der Waals surface area contributed by atoms with Crippen molar-refractivity contribution in [2.24, 2.45) is 10.7 Å². The molecule has 0 spiro atoms. The minimum atomic E-state index is 0.596. The first-order valence-electron chi connectivity index (χ1n) is 9.05. The van der Waals surface area contributed by atoms with E-state index in [-0.39, 0.29) is 0 Å². The van der Waals surface area contributed by atoms with E-state index >= 15 is 0 Å². The summed E-state index contributed by atoms with van der Waals surface area (Å²) in [7, 11) is 0. The van der Waals surface area contributed by atoms with E-state index in [0.29, 0.717) is 18.9 Å². The highest BCUT2D eigenvalue weighted by atomic mass is 35.5. The van der Waals surface area contributed by atoms with Gasteiger partial charge in [-0.05, 0) is 36.4 Å².